The average molecular weight is 270 g/mol. The van der Waals surface area contributed by atoms with Gasteiger partial charge in [0.15, 0.2) is 0 Å². The van der Waals surface area contributed by atoms with Gasteiger partial charge in [-0.3, -0.25) is 0 Å². The lowest BCUT2D eigenvalue weighted by atomic mass is 9.98. The van der Waals surface area contributed by atoms with Gasteiger partial charge in [-0.15, -0.1) is 0 Å². The summed E-state index contributed by atoms with van der Waals surface area (Å²) >= 11 is 0. The molecular weight excluding hydrogens is 252 g/mol. The standard InChI is InChI=1S/C17H18O3/c1-11-8-13-9-16(19-2)14(10-15(13)20-11)17(18)12-6-4-3-5-7-12/h3-7,9-11,17-18H,8H2,1-2H3. The summed E-state index contributed by atoms with van der Waals surface area (Å²) in [6, 6.07) is 13.4. The van der Waals surface area contributed by atoms with Gasteiger partial charge in [0, 0.05) is 17.5 Å². The predicted octanol–water partition coefficient (Wildman–Crippen LogP) is 3.10. The SMILES string of the molecule is COc1cc2c(cc1C(O)c1ccccc1)OC(C)C2. The van der Waals surface area contributed by atoms with E-state index in [0.29, 0.717) is 5.75 Å². The second-order valence-corrected chi connectivity index (χ2v) is 5.15. The number of hydrogen-bond acceptors (Lipinski definition) is 3. The number of rotatable bonds is 3. The molecule has 20 heavy (non-hydrogen) atoms. The maximum Gasteiger partial charge on any atom is 0.125 e. The molecule has 0 fully saturated rings. The summed E-state index contributed by atoms with van der Waals surface area (Å²) in [5.41, 5.74) is 2.72. The zero-order chi connectivity index (χ0) is 14.1. The van der Waals surface area contributed by atoms with Crippen molar-refractivity contribution in [3.63, 3.8) is 0 Å². The van der Waals surface area contributed by atoms with Crippen LogP contribution >= 0.6 is 0 Å². The van der Waals surface area contributed by atoms with Crippen LogP contribution in [0.5, 0.6) is 11.5 Å². The van der Waals surface area contributed by atoms with E-state index >= 15 is 0 Å². The Labute approximate surface area is 118 Å². The molecule has 1 heterocycles. The molecule has 0 saturated heterocycles. The fourth-order valence-corrected chi connectivity index (χ4v) is 2.66. The molecule has 3 nitrogen and oxygen atoms in total. The van der Waals surface area contributed by atoms with Gasteiger partial charge in [-0.2, -0.15) is 0 Å². The number of hydrogen-bond donors (Lipinski definition) is 1. The Morgan fingerprint density at radius 1 is 1.25 bits per heavy atom. The summed E-state index contributed by atoms with van der Waals surface area (Å²) in [7, 11) is 1.63. The maximum atomic E-state index is 10.6. The van der Waals surface area contributed by atoms with Crippen LogP contribution in [0.25, 0.3) is 0 Å². The number of aliphatic hydroxyl groups excluding tert-OH is 1. The number of aliphatic hydroxyl groups is 1. The quantitative estimate of drug-likeness (QED) is 0.931. The van der Waals surface area contributed by atoms with Crippen LogP contribution in [0.15, 0.2) is 42.5 Å². The minimum atomic E-state index is -0.712. The first kappa shape index (κ1) is 13.0. The molecule has 1 N–H and O–H groups in total. The van der Waals surface area contributed by atoms with Crippen molar-refractivity contribution >= 4 is 0 Å². The zero-order valence-electron chi connectivity index (χ0n) is 11.7. The monoisotopic (exact) mass is 270 g/mol. The predicted molar refractivity (Wildman–Crippen MR) is 77.3 cm³/mol. The van der Waals surface area contributed by atoms with Crippen molar-refractivity contribution in [1.82, 2.24) is 0 Å². The van der Waals surface area contributed by atoms with Crippen molar-refractivity contribution in [2.24, 2.45) is 0 Å². The van der Waals surface area contributed by atoms with Crippen molar-refractivity contribution in [2.45, 2.75) is 25.6 Å². The lowest BCUT2D eigenvalue weighted by Crippen LogP contribution is -2.05. The maximum absolute atomic E-state index is 10.6. The van der Waals surface area contributed by atoms with Crippen LogP contribution < -0.4 is 9.47 Å². The summed E-state index contributed by atoms with van der Waals surface area (Å²) in [5, 5.41) is 10.6. The number of benzene rings is 2. The molecule has 3 rings (SSSR count). The van der Waals surface area contributed by atoms with Crippen LogP contribution in [-0.4, -0.2) is 18.3 Å². The minimum Gasteiger partial charge on any atom is -0.496 e. The molecule has 2 atom stereocenters. The molecule has 0 aromatic heterocycles. The van der Waals surface area contributed by atoms with Crippen molar-refractivity contribution in [2.75, 3.05) is 7.11 Å². The molecule has 0 saturated carbocycles. The third-order valence-corrected chi connectivity index (χ3v) is 3.66. The summed E-state index contributed by atoms with van der Waals surface area (Å²) in [6.07, 6.45) is 0.350. The minimum absolute atomic E-state index is 0.179. The van der Waals surface area contributed by atoms with Crippen LogP contribution in [0.4, 0.5) is 0 Å². The largest absolute Gasteiger partial charge is 0.496 e. The summed E-state index contributed by atoms with van der Waals surface area (Å²) in [5.74, 6) is 1.56. The van der Waals surface area contributed by atoms with E-state index in [4.69, 9.17) is 9.47 Å². The van der Waals surface area contributed by atoms with E-state index in [1.54, 1.807) is 7.11 Å². The summed E-state index contributed by atoms with van der Waals surface area (Å²) < 4.78 is 11.2. The molecule has 0 amide bonds. The molecule has 0 spiro atoms. The van der Waals surface area contributed by atoms with Crippen molar-refractivity contribution in [1.29, 1.82) is 0 Å². The van der Waals surface area contributed by atoms with E-state index in [0.717, 1.165) is 28.9 Å². The van der Waals surface area contributed by atoms with Gasteiger partial charge in [-0.05, 0) is 24.6 Å². The highest BCUT2D eigenvalue weighted by atomic mass is 16.5. The Bertz CT molecular complexity index is 607. The van der Waals surface area contributed by atoms with E-state index in [1.165, 1.54) is 0 Å². The van der Waals surface area contributed by atoms with Gasteiger partial charge in [-0.1, -0.05) is 30.3 Å². The van der Waals surface area contributed by atoms with Gasteiger partial charge in [0.1, 0.15) is 23.7 Å². The fraction of sp³-hybridized carbons (Fsp3) is 0.294. The van der Waals surface area contributed by atoms with Crippen LogP contribution in [0.2, 0.25) is 0 Å². The molecule has 2 unspecified atom stereocenters. The fourth-order valence-electron chi connectivity index (χ4n) is 2.66. The van der Waals surface area contributed by atoms with Gasteiger partial charge in [0.05, 0.1) is 7.11 Å². The van der Waals surface area contributed by atoms with E-state index in [1.807, 2.05) is 49.4 Å². The number of fused-ring (bicyclic) bond motifs is 1. The van der Waals surface area contributed by atoms with Crippen molar-refractivity contribution in [3.8, 4) is 11.5 Å². The first-order chi connectivity index (χ1) is 9.69. The van der Waals surface area contributed by atoms with Gasteiger partial charge in [0.2, 0.25) is 0 Å². The third kappa shape index (κ3) is 2.25. The van der Waals surface area contributed by atoms with Crippen molar-refractivity contribution < 1.29 is 14.6 Å². The van der Waals surface area contributed by atoms with Gasteiger partial charge < -0.3 is 14.6 Å². The Balaban J connectivity index is 2.03. The molecule has 0 radical (unpaired) electrons. The van der Waals surface area contributed by atoms with Crippen LogP contribution in [0.1, 0.15) is 29.7 Å². The molecule has 104 valence electrons. The van der Waals surface area contributed by atoms with E-state index in [2.05, 4.69) is 0 Å². The normalized spacial score (nSPS) is 18.2. The van der Waals surface area contributed by atoms with Gasteiger partial charge >= 0.3 is 0 Å². The Hall–Kier alpha value is -2.00. The molecular formula is C17H18O3. The molecule has 1 aliphatic rings. The van der Waals surface area contributed by atoms with Gasteiger partial charge in [-0.25, -0.2) is 0 Å². The Morgan fingerprint density at radius 2 is 2.00 bits per heavy atom. The molecule has 2 aromatic carbocycles. The first-order valence-electron chi connectivity index (χ1n) is 6.79. The van der Waals surface area contributed by atoms with Crippen LogP contribution in [-0.2, 0) is 6.42 Å². The molecule has 1 aliphatic heterocycles. The van der Waals surface area contributed by atoms with E-state index < -0.39 is 6.10 Å². The van der Waals surface area contributed by atoms with Gasteiger partial charge in [0.25, 0.3) is 0 Å². The van der Waals surface area contributed by atoms with E-state index in [-0.39, 0.29) is 6.10 Å². The van der Waals surface area contributed by atoms with Crippen molar-refractivity contribution in [3.05, 3.63) is 59.2 Å². The average Bonchev–Trinajstić information content (AvgIpc) is 2.85. The summed E-state index contributed by atoms with van der Waals surface area (Å²) in [6.45, 7) is 2.04. The summed E-state index contributed by atoms with van der Waals surface area (Å²) in [4.78, 5) is 0. The zero-order valence-corrected chi connectivity index (χ0v) is 11.7. The van der Waals surface area contributed by atoms with Crippen LogP contribution in [0.3, 0.4) is 0 Å². The third-order valence-electron chi connectivity index (χ3n) is 3.66. The second kappa shape index (κ2) is 5.17. The van der Waals surface area contributed by atoms with Crippen LogP contribution in [0, 0.1) is 0 Å². The molecule has 0 bridgehead atoms. The second-order valence-electron chi connectivity index (χ2n) is 5.15. The lowest BCUT2D eigenvalue weighted by Gasteiger charge is -2.16. The highest BCUT2D eigenvalue weighted by Crippen LogP contribution is 2.39. The Morgan fingerprint density at radius 3 is 2.70 bits per heavy atom. The number of ether oxygens (including phenoxy) is 2. The number of methoxy groups -OCH3 is 1. The first-order valence-corrected chi connectivity index (χ1v) is 6.79. The lowest BCUT2D eigenvalue weighted by molar-refractivity contribution is 0.213. The highest BCUT2D eigenvalue weighted by molar-refractivity contribution is 5.51. The smallest absolute Gasteiger partial charge is 0.125 e. The Kier molecular flexibility index (Phi) is 3.36. The highest BCUT2D eigenvalue weighted by Gasteiger charge is 2.24. The molecule has 0 aliphatic carbocycles. The molecule has 3 heteroatoms. The topological polar surface area (TPSA) is 38.7 Å². The van der Waals surface area contributed by atoms with E-state index in [9.17, 15) is 5.11 Å². The molecule has 2 aromatic rings.